The maximum atomic E-state index is 13.0. The number of ether oxygens (including phenoxy) is 1. The number of nitrogens with zero attached hydrogens (tertiary/aromatic N) is 2. The Hall–Kier alpha value is -2.17. The van der Waals surface area contributed by atoms with E-state index in [0.717, 1.165) is 11.3 Å². The van der Waals surface area contributed by atoms with Crippen molar-refractivity contribution in [2.75, 3.05) is 26.3 Å². The summed E-state index contributed by atoms with van der Waals surface area (Å²) in [5.74, 6) is -0.944. The highest BCUT2D eigenvalue weighted by atomic mass is 32.2. The lowest BCUT2D eigenvalue weighted by molar-refractivity contribution is -0.159. The van der Waals surface area contributed by atoms with E-state index < -0.39 is 21.4 Å². The molecule has 10 heteroatoms. The van der Waals surface area contributed by atoms with Crippen molar-refractivity contribution in [3.63, 3.8) is 0 Å². The monoisotopic (exact) mass is 395 g/mol. The number of carbonyl (C=O) groups is 1. The third-order valence-electron chi connectivity index (χ3n) is 5.72. The third-order valence-corrected chi connectivity index (χ3v) is 7.41. The molecule has 2 aliphatic heterocycles. The van der Waals surface area contributed by atoms with Gasteiger partial charge in [-0.3, -0.25) is 9.89 Å². The van der Waals surface area contributed by atoms with Gasteiger partial charge in [-0.05, 0) is 38.3 Å². The lowest BCUT2D eigenvalue weighted by Gasteiger charge is -2.34. The molecule has 0 spiro atoms. The molecule has 0 aromatic carbocycles. The maximum Gasteiger partial charge on any atom is 0.313 e. The number of carboxylic acids is 1. The molecule has 2 aliphatic rings. The van der Waals surface area contributed by atoms with Crippen LogP contribution in [0, 0.1) is 25.2 Å². The molecule has 2 N–H and O–H groups in total. The van der Waals surface area contributed by atoms with Crippen LogP contribution < -0.4 is 0 Å². The molecule has 2 atom stereocenters. The first-order valence-electron chi connectivity index (χ1n) is 8.69. The fraction of sp³-hybridized carbons (Fsp3) is 0.529. The Bertz CT molecular complexity index is 994. The topological polar surface area (TPSA) is 126 Å². The van der Waals surface area contributed by atoms with Crippen LogP contribution in [0.5, 0.6) is 0 Å². The Balaban J connectivity index is 1.65. The molecule has 4 rings (SSSR count). The van der Waals surface area contributed by atoms with Gasteiger partial charge in [0.05, 0.1) is 6.61 Å². The first-order valence-corrected chi connectivity index (χ1v) is 10.1. The Morgan fingerprint density at radius 1 is 1.41 bits per heavy atom. The molecule has 0 bridgehead atoms. The largest absolute Gasteiger partial charge is 0.481 e. The zero-order chi connectivity index (χ0) is 19.4. The molecule has 146 valence electrons. The van der Waals surface area contributed by atoms with Gasteiger partial charge in [0.25, 0.3) is 10.0 Å². The van der Waals surface area contributed by atoms with Crippen LogP contribution in [0.2, 0.25) is 0 Å². The van der Waals surface area contributed by atoms with E-state index in [1.165, 1.54) is 10.4 Å². The van der Waals surface area contributed by atoms with Crippen molar-refractivity contribution in [3.8, 4) is 11.5 Å². The molecule has 2 saturated heterocycles. The van der Waals surface area contributed by atoms with Gasteiger partial charge in [0, 0.05) is 31.0 Å². The van der Waals surface area contributed by atoms with E-state index in [-0.39, 0.29) is 30.7 Å². The van der Waals surface area contributed by atoms with E-state index in [9.17, 15) is 18.3 Å². The number of rotatable bonds is 4. The normalized spacial score (nSPS) is 26.2. The predicted octanol–water partition coefficient (Wildman–Crippen LogP) is 1.40. The van der Waals surface area contributed by atoms with E-state index in [2.05, 4.69) is 10.2 Å². The molecule has 2 aromatic rings. The number of hydrogen-bond acceptors (Lipinski definition) is 6. The molecule has 2 aromatic heterocycles. The number of sulfonamides is 1. The molecule has 0 saturated carbocycles. The quantitative estimate of drug-likeness (QED) is 0.801. The summed E-state index contributed by atoms with van der Waals surface area (Å²) in [6, 6.07) is 2.95. The van der Waals surface area contributed by atoms with Crippen molar-refractivity contribution in [2.45, 2.75) is 25.4 Å². The van der Waals surface area contributed by atoms with Gasteiger partial charge in [-0.25, -0.2) is 8.42 Å². The van der Waals surface area contributed by atoms with Crippen molar-refractivity contribution in [1.29, 1.82) is 0 Å². The smallest absolute Gasteiger partial charge is 0.313 e. The van der Waals surface area contributed by atoms with Crippen molar-refractivity contribution in [3.05, 3.63) is 23.4 Å². The number of nitrogens with one attached hydrogen (secondary N) is 1. The number of aryl methyl sites for hydroxylation is 1. The van der Waals surface area contributed by atoms with E-state index in [1.54, 1.807) is 6.07 Å². The first kappa shape index (κ1) is 18.2. The minimum atomic E-state index is -3.95. The Labute approximate surface area is 156 Å². The fourth-order valence-electron chi connectivity index (χ4n) is 3.87. The standard InChI is InChI=1S/C17H21N3O6S/c1-10-11(2)18-19-15(10)13-3-4-14(26-13)27(23,24)20-7-12-5-6-25-9-17(12,8-20)16(21)22/h3-4,12H,5-9H2,1-2H3,(H,18,19)(H,21,22)/t12-,17+/m0/s1. The van der Waals surface area contributed by atoms with Crippen molar-refractivity contribution < 1.29 is 27.5 Å². The first-order chi connectivity index (χ1) is 12.8. The Kier molecular flexibility index (Phi) is 4.17. The summed E-state index contributed by atoms with van der Waals surface area (Å²) in [5, 5.41) is 16.5. The summed E-state index contributed by atoms with van der Waals surface area (Å²) in [4.78, 5) is 11.9. The number of aromatic nitrogens is 2. The number of furan rings is 1. The molecule has 0 aliphatic carbocycles. The summed E-state index contributed by atoms with van der Waals surface area (Å²) in [7, 11) is -3.95. The molecule has 4 heterocycles. The molecular formula is C17H21N3O6S. The zero-order valence-corrected chi connectivity index (χ0v) is 15.9. The Morgan fingerprint density at radius 2 is 2.19 bits per heavy atom. The number of hydrogen-bond donors (Lipinski definition) is 2. The summed E-state index contributed by atoms with van der Waals surface area (Å²) < 4.78 is 38.2. The lowest BCUT2D eigenvalue weighted by Crippen LogP contribution is -2.46. The summed E-state index contributed by atoms with van der Waals surface area (Å²) in [6.45, 7) is 4.23. The van der Waals surface area contributed by atoms with E-state index in [0.29, 0.717) is 24.5 Å². The summed E-state index contributed by atoms with van der Waals surface area (Å²) in [5.41, 5.74) is 1.11. The van der Waals surface area contributed by atoms with Crippen LogP contribution in [0.3, 0.4) is 0 Å². The van der Waals surface area contributed by atoms with Gasteiger partial charge >= 0.3 is 5.97 Å². The van der Waals surface area contributed by atoms with Gasteiger partial charge in [0.15, 0.2) is 5.76 Å². The molecule has 0 unspecified atom stereocenters. The average Bonchev–Trinajstić information content (AvgIpc) is 3.33. The van der Waals surface area contributed by atoms with Crippen LogP contribution in [-0.2, 0) is 19.6 Å². The number of carboxylic acid groups (broad SMARTS) is 1. The number of H-pyrrole nitrogens is 1. The number of fused-ring (bicyclic) bond motifs is 1. The van der Waals surface area contributed by atoms with Crippen LogP contribution in [-0.4, -0.2) is 60.3 Å². The van der Waals surface area contributed by atoms with Crippen molar-refractivity contribution in [1.82, 2.24) is 14.5 Å². The maximum absolute atomic E-state index is 13.0. The number of aliphatic carboxylic acids is 1. The van der Waals surface area contributed by atoms with Gasteiger partial charge in [0.2, 0.25) is 5.09 Å². The van der Waals surface area contributed by atoms with Gasteiger partial charge in [0.1, 0.15) is 11.1 Å². The minimum Gasteiger partial charge on any atom is -0.481 e. The van der Waals surface area contributed by atoms with E-state index >= 15 is 0 Å². The molecule has 27 heavy (non-hydrogen) atoms. The highest BCUT2D eigenvalue weighted by Crippen LogP contribution is 2.43. The van der Waals surface area contributed by atoms with Gasteiger partial charge in [-0.15, -0.1) is 0 Å². The molecule has 9 nitrogen and oxygen atoms in total. The minimum absolute atomic E-state index is 0.0220. The molecular weight excluding hydrogens is 374 g/mol. The van der Waals surface area contributed by atoms with Crippen LogP contribution in [0.15, 0.2) is 21.6 Å². The molecule has 0 radical (unpaired) electrons. The second kappa shape index (κ2) is 6.18. The van der Waals surface area contributed by atoms with Crippen LogP contribution in [0.1, 0.15) is 17.7 Å². The van der Waals surface area contributed by atoms with E-state index in [4.69, 9.17) is 9.15 Å². The average molecular weight is 395 g/mol. The summed E-state index contributed by atoms with van der Waals surface area (Å²) in [6.07, 6.45) is 0.521. The highest BCUT2D eigenvalue weighted by molar-refractivity contribution is 7.89. The van der Waals surface area contributed by atoms with E-state index in [1.807, 2.05) is 13.8 Å². The van der Waals surface area contributed by atoms with Crippen molar-refractivity contribution in [2.24, 2.45) is 11.3 Å². The summed E-state index contributed by atoms with van der Waals surface area (Å²) >= 11 is 0. The second-order valence-electron chi connectivity index (χ2n) is 7.24. The van der Waals surface area contributed by atoms with Crippen LogP contribution >= 0.6 is 0 Å². The lowest BCUT2D eigenvalue weighted by atomic mass is 9.76. The van der Waals surface area contributed by atoms with Crippen LogP contribution in [0.4, 0.5) is 0 Å². The Morgan fingerprint density at radius 3 is 2.81 bits per heavy atom. The zero-order valence-electron chi connectivity index (χ0n) is 15.1. The SMILES string of the molecule is Cc1[nH]nc(-c2ccc(S(=O)(=O)N3C[C@@H]4CCOC[C@]4(C(=O)O)C3)o2)c1C. The second-order valence-corrected chi connectivity index (χ2v) is 9.11. The number of aromatic amines is 1. The van der Waals surface area contributed by atoms with Crippen molar-refractivity contribution >= 4 is 16.0 Å². The third kappa shape index (κ3) is 2.70. The van der Waals surface area contributed by atoms with Gasteiger partial charge in [-0.2, -0.15) is 9.40 Å². The van der Waals surface area contributed by atoms with Crippen LogP contribution in [0.25, 0.3) is 11.5 Å². The molecule has 0 amide bonds. The van der Waals surface area contributed by atoms with Gasteiger partial charge < -0.3 is 14.3 Å². The fourth-order valence-corrected chi connectivity index (χ4v) is 5.33. The highest BCUT2D eigenvalue weighted by Gasteiger charge is 2.57. The predicted molar refractivity (Wildman–Crippen MR) is 93.5 cm³/mol. The van der Waals surface area contributed by atoms with Gasteiger partial charge in [-0.1, -0.05) is 0 Å². The molecule has 2 fully saturated rings.